The molecule has 0 spiro atoms. The van der Waals surface area contributed by atoms with Crippen molar-refractivity contribution in [2.24, 2.45) is 5.73 Å². The van der Waals surface area contributed by atoms with Crippen LogP contribution < -0.4 is 5.73 Å². The normalized spacial score (nSPS) is 26.3. The molecule has 2 unspecified atom stereocenters. The SMILES string of the molecule is NC1CC1c1ncccc1C(F)(F)F. The Hall–Kier alpha value is -1.10. The third-order valence-corrected chi connectivity index (χ3v) is 2.33. The van der Waals surface area contributed by atoms with Crippen molar-refractivity contribution in [1.29, 1.82) is 0 Å². The number of hydrogen-bond acceptors (Lipinski definition) is 2. The summed E-state index contributed by atoms with van der Waals surface area (Å²) in [6, 6.07) is 2.18. The average Bonchev–Trinajstić information content (AvgIpc) is 2.81. The van der Waals surface area contributed by atoms with E-state index in [2.05, 4.69) is 4.98 Å². The molecule has 0 radical (unpaired) electrons. The van der Waals surface area contributed by atoms with E-state index in [1.807, 2.05) is 0 Å². The molecule has 0 bridgehead atoms. The van der Waals surface area contributed by atoms with Gasteiger partial charge >= 0.3 is 6.18 Å². The van der Waals surface area contributed by atoms with Crippen molar-refractivity contribution in [1.82, 2.24) is 4.98 Å². The van der Waals surface area contributed by atoms with Gasteiger partial charge in [0.1, 0.15) is 0 Å². The number of alkyl halides is 3. The van der Waals surface area contributed by atoms with E-state index in [1.165, 1.54) is 12.3 Å². The first kappa shape index (κ1) is 9.45. The summed E-state index contributed by atoms with van der Waals surface area (Å²) in [6.07, 6.45) is -2.36. The molecule has 0 amide bonds. The summed E-state index contributed by atoms with van der Waals surface area (Å²) in [5.74, 6) is -0.215. The quantitative estimate of drug-likeness (QED) is 0.755. The zero-order chi connectivity index (χ0) is 10.3. The van der Waals surface area contributed by atoms with Crippen molar-refractivity contribution in [2.45, 2.75) is 24.6 Å². The Bertz CT molecular complexity index is 348. The van der Waals surface area contributed by atoms with Crippen LogP contribution in [0.1, 0.15) is 23.6 Å². The van der Waals surface area contributed by atoms with E-state index in [1.54, 1.807) is 0 Å². The molecule has 1 saturated carbocycles. The second kappa shape index (κ2) is 2.95. The first-order valence-corrected chi connectivity index (χ1v) is 4.28. The minimum Gasteiger partial charge on any atom is -0.327 e. The van der Waals surface area contributed by atoms with Crippen LogP contribution in [0.4, 0.5) is 13.2 Å². The van der Waals surface area contributed by atoms with Gasteiger partial charge in [-0.1, -0.05) is 0 Å². The fraction of sp³-hybridized carbons (Fsp3) is 0.444. The molecule has 0 saturated heterocycles. The van der Waals surface area contributed by atoms with Crippen molar-refractivity contribution in [3.8, 4) is 0 Å². The van der Waals surface area contributed by atoms with E-state index in [0.717, 1.165) is 6.07 Å². The third-order valence-electron chi connectivity index (χ3n) is 2.33. The average molecular weight is 202 g/mol. The van der Waals surface area contributed by atoms with E-state index in [0.29, 0.717) is 6.42 Å². The highest BCUT2D eigenvalue weighted by atomic mass is 19.4. The molecule has 1 aliphatic carbocycles. The minimum atomic E-state index is -4.33. The second-order valence-electron chi connectivity index (χ2n) is 3.44. The number of nitrogens with zero attached hydrogens (tertiary/aromatic N) is 1. The standard InChI is InChI=1S/C9H9F3N2/c10-9(11,12)6-2-1-3-14-8(6)5-4-7(5)13/h1-3,5,7H,4,13H2. The van der Waals surface area contributed by atoms with Gasteiger partial charge in [0.05, 0.1) is 11.3 Å². The molecule has 2 atom stereocenters. The van der Waals surface area contributed by atoms with Gasteiger partial charge in [-0.25, -0.2) is 0 Å². The molecule has 1 aliphatic rings. The number of aromatic nitrogens is 1. The Kier molecular flexibility index (Phi) is 1.99. The summed E-state index contributed by atoms with van der Waals surface area (Å²) in [5.41, 5.74) is 4.94. The fourth-order valence-electron chi connectivity index (χ4n) is 1.48. The molecule has 2 rings (SSSR count). The summed E-state index contributed by atoms with van der Waals surface area (Å²) >= 11 is 0. The zero-order valence-corrected chi connectivity index (χ0v) is 7.25. The lowest BCUT2D eigenvalue weighted by atomic mass is 10.1. The van der Waals surface area contributed by atoms with Gasteiger partial charge in [-0.05, 0) is 18.6 Å². The predicted octanol–water partition coefficient (Wildman–Crippen LogP) is 1.92. The molecule has 1 heterocycles. The summed E-state index contributed by atoms with van der Waals surface area (Å²) in [7, 11) is 0. The topological polar surface area (TPSA) is 38.9 Å². The largest absolute Gasteiger partial charge is 0.418 e. The highest BCUT2D eigenvalue weighted by Crippen LogP contribution is 2.43. The van der Waals surface area contributed by atoms with Gasteiger partial charge in [-0.2, -0.15) is 13.2 Å². The Labute approximate surface area is 78.9 Å². The van der Waals surface area contributed by atoms with Crippen molar-refractivity contribution < 1.29 is 13.2 Å². The number of rotatable bonds is 1. The lowest BCUT2D eigenvalue weighted by Gasteiger charge is -2.10. The number of hydrogen-bond donors (Lipinski definition) is 1. The number of nitrogens with two attached hydrogens (primary N) is 1. The minimum absolute atomic E-state index is 0.0903. The maximum absolute atomic E-state index is 12.5. The predicted molar refractivity (Wildman–Crippen MR) is 44.6 cm³/mol. The van der Waals surface area contributed by atoms with Crippen molar-refractivity contribution >= 4 is 0 Å². The van der Waals surface area contributed by atoms with E-state index in [-0.39, 0.29) is 17.7 Å². The zero-order valence-electron chi connectivity index (χ0n) is 7.25. The van der Waals surface area contributed by atoms with E-state index in [9.17, 15) is 13.2 Å². The summed E-state index contributed by atoms with van der Waals surface area (Å²) in [6.45, 7) is 0. The van der Waals surface area contributed by atoms with Crippen LogP contribution in [-0.2, 0) is 6.18 Å². The van der Waals surface area contributed by atoms with Gasteiger partial charge in [0.25, 0.3) is 0 Å². The van der Waals surface area contributed by atoms with E-state index in [4.69, 9.17) is 5.73 Å². The molecule has 1 aromatic rings. The first-order valence-electron chi connectivity index (χ1n) is 4.28. The molecule has 5 heteroatoms. The molecule has 0 aromatic carbocycles. The third kappa shape index (κ3) is 1.59. The Balaban J connectivity index is 2.39. The van der Waals surface area contributed by atoms with E-state index < -0.39 is 11.7 Å². The molecular formula is C9H9F3N2. The first-order chi connectivity index (χ1) is 6.50. The van der Waals surface area contributed by atoms with Gasteiger partial charge in [0, 0.05) is 18.2 Å². The molecule has 1 fully saturated rings. The van der Waals surface area contributed by atoms with Gasteiger partial charge in [-0.3, -0.25) is 4.98 Å². The van der Waals surface area contributed by atoms with Gasteiger partial charge < -0.3 is 5.73 Å². The van der Waals surface area contributed by atoms with Crippen molar-refractivity contribution in [2.75, 3.05) is 0 Å². The highest BCUT2D eigenvalue weighted by Gasteiger charge is 2.43. The van der Waals surface area contributed by atoms with Crippen LogP contribution in [0.5, 0.6) is 0 Å². The lowest BCUT2D eigenvalue weighted by Crippen LogP contribution is -2.12. The highest BCUT2D eigenvalue weighted by molar-refractivity contribution is 5.31. The maximum atomic E-state index is 12.5. The van der Waals surface area contributed by atoms with Gasteiger partial charge in [0.2, 0.25) is 0 Å². The van der Waals surface area contributed by atoms with Crippen LogP contribution in [-0.4, -0.2) is 11.0 Å². The second-order valence-corrected chi connectivity index (χ2v) is 3.44. The van der Waals surface area contributed by atoms with Crippen LogP contribution in [0.3, 0.4) is 0 Å². The van der Waals surface area contributed by atoms with Crippen LogP contribution in [0.15, 0.2) is 18.3 Å². The molecule has 76 valence electrons. The molecular weight excluding hydrogens is 193 g/mol. The Morgan fingerprint density at radius 3 is 2.57 bits per heavy atom. The summed E-state index contributed by atoms with van der Waals surface area (Å²) in [5, 5.41) is 0. The van der Waals surface area contributed by atoms with Crippen LogP contribution in [0.2, 0.25) is 0 Å². The van der Waals surface area contributed by atoms with Crippen molar-refractivity contribution in [3.05, 3.63) is 29.6 Å². The molecule has 2 N–H and O–H groups in total. The van der Waals surface area contributed by atoms with Crippen molar-refractivity contribution in [3.63, 3.8) is 0 Å². The van der Waals surface area contributed by atoms with Crippen LogP contribution in [0.25, 0.3) is 0 Å². The summed E-state index contributed by atoms with van der Waals surface area (Å²) in [4.78, 5) is 3.76. The van der Waals surface area contributed by atoms with Gasteiger partial charge in [-0.15, -0.1) is 0 Å². The summed E-state index contributed by atoms with van der Waals surface area (Å²) < 4.78 is 37.4. The molecule has 2 nitrogen and oxygen atoms in total. The molecule has 14 heavy (non-hydrogen) atoms. The molecule has 0 aliphatic heterocycles. The monoisotopic (exact) mass is 202 g/mol. The number of pyridine rings is 1. The number of halogens is 3. The smallest absolute Gasteiger partial charge is 0.327 e. The Morgan fingerprint density at radius 1 is 1.43 bits per heavy atom. The van der Waals surface area contributed by atoms with Gasteiger partial charge in [0.15, 0.2) is 0 Å². The fourth-order valence-corrected chi connectivity index (χ4v) is 1.48. The van der Waals surface area contributed by atoms with E-state index >= 15 is 0 Å². The molecule has 1 aromatic heterocycles. The lowest BCUT2D eigenvalue weighted by molar-refractivity contribution is -0.138. The maximum Gasteiger partial charge on any atom is 0.418 e. The van der Waals surface area contributed by atoms with Crippen LogP contribution >= 0.6 is 0 Å². The Morgan fingerprint density at radius 2 is 2.07 bits per heavy atom. The van der Waals surface area contributed by atoms with Crippen LogP contribution in [0, 0.1) is 0 Å².